The molecule has 2 N–H and O–H groups in total. The van der Waals surface area contributed by atoms with Gasteiger partial charge in [0.1, 0.15) is 0 Å². The van der Waals surface area contributed by atoms with Crippen LogP contribution in [0.1, 0.15) is 32.8 Å². The van der Waals surface area contributed by atoms with E-state index >= 15 is 0 Å². The van der Waals surface area contributed by atoms with Crippen LogP contribution < -0.4 is 5.73 Å². The number of likely N-dealkylation sites (tertiary alicyclic amines) is 1. The number of nitrogens with zero attached hydrogens (tertiary/aromatic N) is 1. The largest absolute Gasteiger partial charge is 0.399 e. The van der Waals surface area contributed by atoms with Gasteiger partial charge in [-0.25, -0.2) is 0 Å². The Bertz CT molecular complexity index is 399. The van der Waals surface area contributed by atoms with Gasteiger partial charge in [-0.2, -0.15) is 0 Å². The maximum Gasteiger partial charge on any atom is 0.0429 e. The third-order valence-electron chi connectivity index (χ3n) is 4.09. The second kappa shape index (κ2) is 5.50. The van der Waals surface area contributed by atoms with Crippen LogP contribution in [-0.2, 0) is 6.54 Å². The van der Waals surface area contributed by atoms with Crippen molar-refractivity contribution in [2.75, 3.05) is 12.3 Å². The standard InChI is InChI=1S/C15H23ClN2/c1-10-4-11(2)12(3)18(8-10)9-13-5-14(16)7-15(17)6-13/h5-7,10-12H,4,8-9,17H2,1-3H3. The summed E-state index contributed by atoms with van der Waals surface area (Å²) in [4.78, 5) is 2.55. The zero-order valence-corrected chi connectivity index (χ0v) is 12.2. The number of benzene rings is 1. The van der Waals surface area contributed by atoms with Crippen LogP contribution in [0, 0.1) is 11.8 Å². The summed E-state index contributed by atoms with van der Waals surface area (Å²) in [5.74, 6) is 1.53. The summed E-state index contributed by atoms with van der Waals surface area (Å²) in [5.41, 5.74) is 7.82. The fourth-order valence-electron chi connectivity index (χ4n) is 3.04. The highest BCUT2D eigenvalue weighted by atomic mass is 35.5. The van der Waals surface area contributed by atoms with Crippen molar-refractivity contribution in [2.45, 2.75) is 39.8 Å². The molecule has 1 heterocycles. The molecule has 18 heavy (non-hydrogen) atoms. The predicted octanol–water partition coefficient (Wildman–Crippen LogP) is 3.79. The van der Waals surface area contributed by atoms with Gasteiger partial charge in [0.25, 0.3) is 0 Å². The number of nitrogens with two attached hydrogens (primary N) is 1. The molecule has 0 bridgehead atoms. The highest BCUT2D eigenvalue weighted by Gasteiger charge is 2.28. The van der Waals surface area contributed by atoms with Gasteiger partial charge >= 0.3 is 0 Å². The van der Waals surface area contributed by atoms with Crippen molar-refractivity contribution in [1.29, 1.82) is 0 Å². The molecule has 0 aromatic heterocycles. The van der Waals surface area contributed by atoms with Crippen LogP contribution in [0.15, 0.2) is 18.2 Å². The molecule has 3 unspecified atom stereocenters. The Kier molecular flexibility index (Phi) is 4.18. The van der Waals surface area contributed by atoms with Crippen LogP contribution in [0.25, 0.3) is 0 Å². The van der Waals surface area contributed by atoms with E-state index in [2.05, 4.69) is 25.7 Å². The van der Waals surface area contributed by atoms with Gasteiger partial charge in [-0.3, -0.25) is 4.90 Å². The first-order valence-corrected chi connectivity index (χ1v) is 7.12. The molecule has 0 amide bonds. The maximum absolute atomic E-state index is 6.06. The highest BCUT2D eigenvalue weighted by molar-refractivity contribution is 6.30. The summed E-state index contributed by atoms with van der Waals surface area (Å²) in [7, 11) is 0. The van der Waals surface area contributed by atoms with Gasteiger partial charge in [0.2, 0.25) is 0 Å². The number of hydrogen-bond donors (Lipinski definition) is 1. The fourth-order valence-corrected chi connectivity index (χ4v) is 3.31. The molecular weight excluding hydrogens is 244 g/mol. The lowest BCUT2D eigenvalue weighted by Crippen LogP contribution is -2.45. The molecule has 1 aromatic rings. The Balaban J connectivity index is 2.12. The van der Waals surface area contributed by atoms with Gasteiger partial charge in [0.15, 0.2) is 0 Å². The van der Waals surface area contributed by atoms with Crippen LogP contribution in [-0.4, -0.2) is 17.5 Å². The molecular formula is C15H23ClN2. The molecule has 0 saturated carbocycles. The van der Waals surface area contributed by atoms with E-state index in [0.717, 1.165) is 35.6 Å². The van der Waals surface area contributed by atoms with Gasteiger partial charge in [-0.15, -0.1) is 0 Å². The first-order chi connectivity index (χ1) is 8.45. The average Bonchev–Trinajstić information content (AvgIpc) is 2.23. The summed E-state index contributed by atoms with van der Waals surface area (Å²) in [5, 5.41) is 0.732. The molecule has 3 atom stereocenters. The van der Waals surface area contributed by atoms with Crippen LogP contribution in [0.3, 0.4) is 0 Å². The summed E-state index contributed by atoms with van der Waals surface area (Å²) < 4.78 is 0. The zero-order valence-electron chi connectivity index (χ0n) is 11.5. The molecule has 1 fully saturated rings. The van der Waals surface area contributed by atoms with E-state index in [-0.39, 0.29) is 0 Å². The summed E-state index contributed by atoms with van der Waals surface area (Å²) in [6, 6.07) is 6.48. The first kappa shape index (κ1) is 13.7. The van der Waals surface area contributed by atoms with Crippen molar-refractivity contribution < 1.29 is 0 Å². The maximum atomic E-state index is 6.06. The second-order valence-corrected chi connectivity index (χ2v) is 6.32. The molecule has 0 spiro atoms. The summed E-state index contributed by atoms with van der Waals surface area (Å²) in [6.07, 6.45) is 1.33. The topological polar surface area (TPSA) is 29.3 Å². The fraction of sp³-hybridized carbons (Fsp3) is 0.600. The van der Waals surface area contributed by atoms with E-state index in [1.165, 1.54) is 12.0 Å². The molecule has 1 saturated heterocycles. The van der Waals surface area contributed by atoms with Crippen molar-refractivity contribution in [2.24, 2.45) is 11.8 Å². The minimum atomic E-state index is 0.626. The Morgan fingerprint density at radius 2 is 2.00 bits per heavy atom. The van der Waals surface area contributed by atoms with E-state index in [4.69, 9.17) is 17.3 Å². The molecule has 0 radical (unpaired) electrons. The van der Waals surface area contributed by atoms with Gasteiger partial charge in [-0.05, 0) is 48.9 Å². The number of nitrogen functional groups attached to an aromatic ring is 1. The number of piperidine rings is 1. The number of halogens is 1. The van der Waals surface area contributed by atoms with E-state index in [1.807, 2.05) is 12.1 Å². The summed E-state index contributed by atoms with van der Waals surface area (Å²) >= 11 is 6.06. The van der Waals surface area contributed by atoms with Crippen LogP contribution in [0.5, 0.6) is 0 Å². The molecule has 2 nitrogen and oxygen atoms in total. The average molecular weight is 267 g/mol. The first-order valence-electron chi connectivity index (χ1n) is 6.74. The predicted molar refractivity (Wildman–Crippen MR) is 78.7 cm³/mol. The van der Waals surface area contributed by atoms with Crippen molar-refractivity contribution in [3.8, 4) is 0 Å². The Labute approximate surface area is 115 Å². The Morgan fingerprint density at radius 1 is 1.28 bits per heavy atom. The van der Waals surface area contributed by atoms with Crippen LogP contribution in [0.4, 0.5) is 5.69 Å². The van der Waals surface area contributed by atoms with E-state index in [1.54, 1.807) is 6.07 Å². The molecule has 2 rings (SSSR count). The Hall–Kier alpha value is -0.730. The molecule has 100 valence electrons. The van der Waals surface area contributed by atoms with E-state index in [0.29, 0.717) is 6.04 Å². The molecule has 1 aliphatic heterocycles. The number of rotatable bonds is 2. The van der Waals surface area contributed by atoms with Gasteiger partial charge in [0.05, 0.1) is 0 Å². The van der Waals surface area contributed by atoms with Crippen LogP contribution in [0.2, 0.25) is 5.02 Å². The number of anilines is 1. The molecule has 0 aliphatic carbocycles. The molecule has 1 aliphatic rings. The molecule has 1 aromatic carbocycles. The normalized spacial score (nSPS) is 29.4. The van der Waals surface area contributed by atoms with Crippen LogP contribution >= 0.6 is 11.6 Å². The lowest BCUT2D eigenvalue weighted by atomic mass is 9.86. The van der Waals surface area contributed by atoms with Crippen molar-refractivity contribution >= 4 is 17.3 Å². The summed E-state index contributed by atoms with van der Waals surface area (Å²) in [6.45, 7) is 9.12. The zero-order chi connectivity index (χ0) is 13.3. The van der Waals surface area contributed by atoms with E-state index < -0.39 is 0 Å². The lowest BCUT2D eigenvalue weighted by Gasteiger charge is -2.41. The van der Waals surface area contributed by atoms with Crippen molar-refractivity contribution in [3.63, 3.8) is 0 Å². The lowest BCUT2D eigenvalue weighted by molar-refractivity contribution is 0.0730. The quantitative estimate of drug-likeness (QED) is 0.826. The van der Waals surface area contributed by atoms with Gasteiger partial charge in [-0.1, -0.05) is 25.4 Å². The van der Waals surface area contributed by atoms with Gasteiger partial charge < -0.3 is 5.73 Å². The molecule has 3 heteroatoms. The SMILES string of the molecule is CC1CC(C)C(C)N(Cc2cc(N)cc(Cl)c2)C1. The third-order valence-corrected chi connectivity index (χ3v) is 4.30. The van der Waals surface area contributed by atoms with Crippen molar-refractivity contribution in [3.05, 3.63) is 28.8 Å². The smallest absolute Gasteiger partial charge is 0.0429 e. The minimum Gasteiger partial charge on any atom is -0.399 e. The third kappa shape index (κ3) is 3.18. The highest BCUT2D eigenvalue weighted by Crippen LogP contribution is 2.29. The van der Waals surface area contributed by atoms with Crippen molar-refractivity contribution in [1.82, 2.24) is 4.90 Å². The van der Waals surface area contributed by atoms with E-state index in [9.17, 15) is 0 Å². The second-order valence-electron chi connectivity index (χ2n) is 5.88. The van der Waals surface area contributed by atoms with Gasteiger partial charge in [0, 0.05) is 29.8 Å². The number of hydrogen-bond acceptors (Lipinski definition) is 2. The Morgan fingerprint density at radius 3 is 2.67 bits per heavy atom. The minimum absolute atomic E-state index is 0.626. The monoisotopic (exact) mass is 266 g/mol.